The highest BCUT2D eigenvalue weighted by Gasteiger charge is 2.13. The molecular weight excluding hydrogens is 150 g/mol. The van der Waals surface area contributed by atoms with Crippen molar-refractivity contribution in [2.24, 2.45) is 0 Å². The molecule has 0 bridgehead atoms. The van der Waals surface area contributed by atoms with Gasteiger partial charge in [-0.05, 0) is 0 Å². The highest BCUT2D eigenvalue weighted by molar-refractivity contribution is 6.55. The van der Waals surface area contributed by atoms with E-state index in [4.69, 9.17) is 21.6 Å². The zero-order chi connectivity index (χ0) is 8.15. The van der Waals surface area contributed by atoms with Crippen LogP contribution in [0.15, 0.2) is 35.8 Å². The van der Waals surface area contributed by atoms with Crippen molar-refractivity contribution in [3.05, 3.63) is 35.8 Å². The molecule has 0 heterocycles. The van der Waals surface area contributed by atoms with Crippen LogP contribution in [0.4, 0.5) is 0 Å². The molecule has 10 heavy (non-hydrogen) atoms. The topological polar surface area (TPSA) is 40.5 Å². The fourth-order valence-corrected chi connectivity index (χ4v) is 0.619. The Kier molecular flexibility index (Phi) is 4.11. The zero-order valence-electron chi connectivity index (χ0n) is 5.42. The first-order valence-electron chi connectivity index (χ1n) is 2.64. The Morgan fingerprint density at radius 2 is 1.80 bits per heavy atom. The third-order valence-corrected chi connectivity index (χ3v) is 1.33. The highest BCUT2D eigenvalue weighted by atomic mass is 35.5. The molecule has 4 heteroatoms. The van der Waals surface area contributed by atoms with Crippen LogP contribution in [0.25, 0.3) is 0 Å². The summed E-state index contributed by atoms with van der Waals surface area (Å²) in [6.45, 7) is 6.69. The minimum atomic E-state index is -1.58. The second-order valence-electron chi connectivity index (χ2n) is 1.59. The van der Waals surface area contributed by atoms with Crippen LogP contribution >= 0.6 is 11.6 Å². The van der Waals surface area contributed by atoms with Gasteiger partial charge >= 0.3 is 7.12 Å². The molecule has 0 saturated carbocycles. The molecule has 0 amide bonds. The number of halogens is 1. The lowest BCUT2D eigenvalue weighted by molar-refractivity contribution is 0.420. The van der Waals surface area contributed by atoms with Crippen LogP contribution in [0.5, 0.6) is 0 Å². The van der Waals surface area contributed by atoms with Crippen molar-refractivity contribution in [1.82, 2.24) is 0 Å². The predicted molar refractivity (Wildman–Crippen MR) is 43.5 cm³/mol. The van der Waals surface area contributed by atoms with Crippen molar-refractivity contribution in [3.63, 3.8) is 0 Å². The molecule has 54 valence electrons. The predicted octanol–water partition coefficient (Wildman–Crippen LogP) is 0.863. The van der Waals surface area contributed by atoms with Crippen molar-refractivity contribution >= 4 is 18.7 Å². The van der Waals surface area contributed by atoms with Gasteiger partial charge in [0.15, 0.2) is 0 Å². The maximum absolute atomic E-state index is 8.61. The van der Waals surface area contributed by atoms with E-state index < -0.39 is 7.12 Å². The van der Waals surface area contributed by atoms with E-state index in [0.29, 0.717) is 0 Å². The number of hydrogen-bond acceptors (Lipinski definition) is 2. The van der Waals surface area contributed by atoms with E-state index in [9.17, 15) is 0 Å². The summed E-state index contributed by atoms with van der Waals surface area (Å²) < 4.78 is 0. The van der Waals surface area contributed by atoms with Gasteiger partial charge in [0.1, 0.15) is 0 Å². The molecule has 0 unspecified atom stereocenters. The van der Waals surface area contributed by atoms with E-state index in [-0.39, 0.29) is 10.5 Å². The fraction of sp³-hybridized carbons (Fsp3) is 0. The third-order valence-electron chi connectivity index (χ3n) is 0.953. The van der Waals surface area contributed by atoms with Crippen LogP contribution in [0.2, 0.25) is 0 Å². The van der Waals surface area contributed by atoms with Gasteiger partial charge in [-0.15, -0.1) is 0 Å². The van der Waals surface area contributed by atoms with Gasteiger partial charge in [0.25, 0.3) is 0 Å². The standard InChI is InChI=1S/C6H8BClO2/c1-3-5(7(9)10)6(8)4-2/h3-4,9-10H,1-2H2/b6-5-. The van der Waals surface area contributed by atoms with Gasteiger partial charge in [0, 0.05) is 10.5 Å². The Labute approximate surface area is 65.3 Å². The molecule has 0 aliphatic carbocycles. The van der Waals surface area contributed by atoms with Crippen molar-refractivity contribution in [2.45, 2.75) is 0 Å². The van der Waals surface area contributed by atoms with Crippen molar-refractivity contribution in [1.29, 1.82) is 0 Å². The van der Waals surface area contributed by atoms with Crippen molar-refractivity contribution in [2.75, 3.05) is 0 Å². The van der Waals surface area contributed by atoms with Gasteiger partial charge in [0.05, 0.1) is 0 Å². The Balaban J connectivity index is 4.61. The summed E-state index contributed by atoms with van der Waals surface area (Å²) in [6.07, 6.45) is 2.59. The van der Waals surface area contributed by atoms with Crippen LogP contribution in [0, 0.1) is 0 Å². The first kappa shape index (κ1) is 9.49. The number of hydrogen-bond donors (Lipinski definition) is 2. The Morgan fingerprint density at radius 1 is 1.30 bits per heavy atom. The minimum Gasteiger partial charge on any atom is -0.423 e. The lowest BCUT2D eigenvalue weighted by Gasteiger charge is -1.99. The fourth-order valence-electron chi connectivity index (χ4n) is 0.444. The molecule has 0 radical (unpaired) electrons. The summed E-state index contributed by atoms with van der Waals surface area (Å²) in [6, 6.07) is 0. The van der Waals surface area contributed by atoms with Gasteiger partial charge in [0.2, 0.25) is 0 Å². The molecule has 0 atom stereocenters. The van der Waals surface area contributed by atoms with Crippen LogP contribution in [0.3, 0.4) is 0 Å². The first-order chi connectivity index (χ1) is 4.63. The summed E-state index contributed by atoms with van der Waals surface area (Å²) in [4.78, 5) is 0. The molecule has 2 N–H and O–H groups in total. The number of rotatable bonds is 3. The molecule has 0 aliphatic rings. The monoisotopic (exact) mass is 158 g/mol. The molecule has 0 rings (SSSR count). The van der Waals surface area contributed by atoms with Gasteiger partial charge in [-0.2, -0.15) is 0 Å². The molecule has 2 nitrogen and oxygen atoms in total. The van der Waals surface area contributed by atoms with Crippen molar-refractivity contribution in [3.8, 4) is 0 Å². The molecule has 0 spiro atoms. The molecule has 0 aromatic rings. The molecular formula is C6H8BClO2. The van der Waals surface area contributed by atoms with Crippen LogP contribution < -0.4 is 0 Å². The van der Waals surface area contributed by atoms with Crippen LogP contribution in [-0.4, -0.2) is 17.2 Å². The Hall–Kier alpha value is -0.505. The lowest BCUT2D eigenvalue weighted by Crippen LogP contribution is -2.14. The molecule has 0 fully saturated rings. The van der Waals surface area contributed by atoms with E-state index in [2.05, 4.69) is 13.2 Å². The maximum Gasteiger partial charge on any atom is 0.489 e. The Morgan fingerprint density at radius 3 is 1.90 bits per heavy atom. The van der Waals surface area contributed by atoms with Gasteiger partial charge < -0.3 is 10.0 Å². The summed E-state index contributed by atoms with van der Waals surface area (Å²) in [5.41, 5.74) is 0.164. The third kappa shape index (κ3) is 2.39. The average molecular weight is 158 g/mol. The Bertz CT molecular complexity index is 175. The van der Waals surface area contributed by atoms with E-state index >= 15 is 0 Å². The highest BCUT2D eigenvalue weighted by Crippen LogP contribution is 2.11. The molecule has 0 aliphatic heterocycles. The average Bonchev–Trinajstić information content (AvgIpc) is 1.88. The van der Waals surface area contributed by atoms with Gasteiger partial charge in [-0.1, -0.05) is 36.9 Å². The number of allylic oxidation sites excluding steroid dienone is 4. The summed E-state index contributed by atoms with van der Waals surface area (Å²) in [5, 5.41) is 17.4. The quantitative estimate of drug-likeness (QED) is 0.472. The van der Waals surface area contributed by atoms with E-state index in [1.54, 1.807) is 0 Å². The minimum absolute atomic E-state index is 0.164. The molecule has 0 saturated heterocycles. The van der Waals surface area contributed by atoms with Crippen LogP contribution in [0.1, 0.15) is 0 Å². The molecule has 0 aromatic heterocycles. The summed E-state index contributed by atoms with van der Waals surface area (Å²) in [5.74, 6) is 0. The summed E-state index contributed by atoms with van der Waals surface area (Å²) >= 11 is 5.50. The lowest BCUT2D eigenvalue weighted by atomic mass is 9.79. The zero-order valence-corrected chi connectivity index (χ0v) is 6.17. The van der Waals surface area contributed by atoms with Crippen molar-refractivity contribution < 1.29 is 10.0 Å². The second-order valence-corrected chi connectivity index (χ2v) is 1.99. The maximum atomic E-state index is 8.61. The van der Waals surface area contributed by atoms with Crippen LogP contribution in [-0.2, 0) is 0 Å². The second kappa shape index (κ2) is 4.33. The SMILES string of the molecule is C=C/C(Cl)=C(\C=C)B(O)O. The largest absolute Gasteiger partial charge is 0.489 e. The van der Waals surface area contributed by atoms with Gasteiger partial charge in [-0.25, -0.2) is 0 Å². The van der Waals surface area contributed by atoms with E-state index in [1.807, 2.05) is 0 Å². The smallest absolute Gasteiger partial charge is 0.423 e. The normalized spacial score (nSPS) is 11.9. The van der Waals surface area contributed by atoms with Gasteiger partial charge in [-0.3, -0.25) is 0 Å². The van der Waals surface area contributed by atoms with E-state index in [0.717, 1.165) is 0 Å². The van der Waals surface area contributed by atoms with E-state index in [1.165, 1.54) is 12.2 Å². The first-order valence-corrected chi connectivity index (χ1v) is 3.02. The summed E-state index contributed by atoms with van der Waals surface area (Å²) in [7, 11) is -1.58. The molecule has 0 aromatic carbocycles.